The van der Waals surface area contributed by atoms with Crippen molar-refractivity contribution in [2.75, 3.05) is 0 Å². The Morgan fingerprint density at radius 1 is 1.18 bits per heavy atom. The fourth-order valence-electron chi connectivity index (χ4n) is 3.94. The molecule has 0 aliphatic heterocycles. The minimum atomic E-state index is -0.793. The number of carboxylic acid groups (broad SMARTS) is 1. The van der Waals surface area contributed by atoms with Crippen LogP contribution in [0.25, 0.3) is 10.8 Å². The van der Waals surface area contributed by atoms with Crippen molar-refractivity contribution in [1.82, 2.24) is 0 Å². The average molecular weight is 294 g/mol. The molecule has 0 heterocycles. The predicted molar refractivity (Wildman–Crippen MR) is 90.2 cm³/mol. The molecule has 2 atom stereocenters. The molecule has 114 valence electrons. The number of hydrogen-bond donors (Lipinski definition) is 1. The standard InChI is InChI=1S/C20H22O2/c1-13-8-10-18(19(21)22)20(3,12-13)17-11-9-14(2)15-6-4-5-7-16(15)17/h4-7,9-11,13H,8,12H2,1-3H3,(H,21,22)/t13-,20-/m0/s1. The molecule has 0 saturated heterocycles. The number of benzene rings is 2. The van der Waals surface area contributed by atoms with Gasteiger partial charge in [0, 0.05) is 11.0 Å². The molecule has 0 spiro atoms. The third-order valence-corrected chi connectivity index (χ3v) is 5.04. The molecular formula is C20H22O2. The Morgan fingerprint density at radius 3 is 2.55 bits per heavy atom. The van der Waals surface area contributed by atoms with Crippen LogP contribution in [0, 0.1) is 12.8 Å². The van der Waals surface area contributed by atoms with Crippen LogP contribution in [0.4, 0.5) is 0 Å². The van der Waals surface area contributed by atoms with E-state index in [2.05, 4.69) is 45.0 Å². The molecule has 0 fully saturated rings. The van der Waals surface area contributed by atoms with Gasteiger partial charge in [0.05, 0.1) is 0 Å². The number of aliphatic carboxylic acids is 1. The van der Waals surface area contributed by atoms with Crippen LogP contribution in [0.15, 0.2) is 48.0 Å². The van der Waals surface area contributed by atoms with Gasteiger partial charge in [-0.2, -0.15) is 0 Å². The molecule has 0 bridgehead atoms. The highest BCUT2D eigenvalue weighted by atomic mass is 16.4. The number of hydrogen-bond acceptors (Lipinski definition) is 1. The molecule has 3 rings (SSSR count). The Bertz CT molecular complexity index is 772. The van der Waals surface area contributed by atoms with Gasteiger partial charge in [0.2, 0.25) is 0 Å². The van der Waals surface area contributed by atoms with Crippen LogP contribution in [0.5, 0.6) is 0 Å². The van der Waals surface area contributed by atoms with Gasteiger partial charge in [-0.25, -0.2) is 4.79 Å². The molecule has 1 aliphatic rings. The highest BCUT2D eigenvalue weighted by Gasteiger charge is 2.39. The van der Waals surface area contributed by atoms with Crippen LogP contribution < -0.4 is 0 Å². The second-order valence-electron chi connectivity index (χ2n) is 6.78. The summed E-state index contributed by atoms with van der Waals surface area (Å²) in [4.78, 5) is 11.8. The zero-order chi connectivity index (χ0) is 15.9. The fourth-order valence-corrected chi connectivity index (χ4v) is 3.94. The van der Waals surface area contributed by atoms with Gasteiger partial charge in [0.25, 0.3) is 0 Å². The van der Waals surface area contributed by atoms with Crippen LogP contribution in [0.3, 0.4) is 0 Å². The Hall–Kier alpha value is -2.09. The Balaban J connectivity index is 2.29. The monoisotopic (exact) mass is 294 g/mol. The van der Waals surface area contributed by atoms with Crippen LogP contribution in [0.1, 0.15) is 37.8 Å². The highest BCUT2D eigenvalue weighted by Crippen LogP contribution is 2.45. The number of carboxylic acids is 1. The van der Waals surface area contributed by atoms with Crippen molar-refractivity contribution in [3.05, 3.63) is 59.2 Å². The van der Waals surface area contributed by atoms with E-state index in [0.29, 0.717) is 11.5 Å². The van der Waals surface area contributed by atoms with E-state index in [-0.39, 0.29) is 0 Å². The normalized spacial score (nSPS) is 25.0. The minimum absolute atomic E-state index is 0.434. The molecule has 0 radical (unpaired) electrons. The maximum atomic E-state index is 11.8. The summed E-state index contributed by atoms with van der Waals surface area (Å²) in [5.41, 5.74) is 2.47. The summed E-state index contributed by atoms with van der Waals surface area (Å²) < 4.78 is 0. The lowest BCUT2D eigenvalue weighted by molar-refractivity contribution is -0.133. The maximum absolute atomic E-state index is 11.8. The lowest BCUT2D eigenvalue weighted by Gasteiger charge is -2.38. The molecule has 2 aromatic rings. The summed E-state index contributed by atoms with van der Waals surface area (Å²) in [5.74, 6) is -0.299. The van der Waals surface area contributed by atoms with Crippen LogP contribution >= 0.6 is 0 Å². The summed E-state index contributed by atoms with van der Waals surface area (Å²) >= 11 is 0. The maximum Gasteiger partial charge on any atom is 0.332 e. The van der Waals surface area contributed by atoms with Gasteiger partial charge in [-0.15, -0.1) is 0 Å². The first-order valence-electron chi connectivity index (χ1n) is 7.86. The van der Waals surface area contributed by atoms with Crippen molar-refractivity contribution in [3.8, 4) is 0 Å². The van der Waals surface area contributed by atoms with Crippen molar-refractivity contribution in [3.63, 3.8) is 0 Å². The summed E-state index contributed by atoms with van der Waals surface area (Å²) in [6.45, 7) is 6.38. The Morgan fingerprint density at radius 2 is 1.86 bits per heavy atom. The van der Waals surface area contributed by atoms with Gasteiger partial charge in [-0.1, -0.05) is 56.3 Å². The SMILES string of the molecule is Cc1ccc([C@]2(C)C[C@@H](C)CC=C2C(=O)O)c2ccccc12. The van der Waals surface area contributed by atoms with Crippen molar-refractivity contribution in [2.24, 2.45) is 5.92 Å². The first kappa shape index (κ1) is 14.8. The highest BCUT2D eigenvalue weighted by molar-refractivity contribution is 5.95. The van der Waals surface area contributed by atoms with E-state index >= 15 is 0 Å². The smallest absolute Gasteiger partial charge is 0.332 e. The lowest BCUT2D eigenvalue weighted by atomic mass is 9.65. The van der Waals surface area contributed by atoms with Gasteiger partial charge in [0.1, 0.15) is 0 Å². The van der Waals surface area contributed by atoms with Gasteiger partial charge in [-0.3, -0.25) is 0 Å². The van der Waals surface area contributed by atoms with Crippen molar-refractivity contribution >= 4 is 16.7 Å². The van der Waals surface area contributed by atoms with Crippen LogP contribution in [-0.4, -0.2) is 11.1 Å². The summed E-state index contributed by atoms with van der Waals surface area (Å²) in [7, 11) is 0. The number of rotatable bonds is 2. The van der Waals surface area contributed by atoms with E-state index in [1.807, 2.05) is 18.2 Å². The Labute approximate surface area is 131 Å². The van der Waals surface area contributed by atoms with Gasteiger partial charge >= 0.3 is 5.97 Å². The molecule has 22 heavy (non-hydrogen) atoms. The first-order chi connectivity index (χ1) is 10.4. The third-order valence-electron chi connectivity index (χ3n) is 5.04. The van der Waals surface area contributed by atoms with Crippen LogP contribution in [0.2, 0.25) is 0 Å². The molecule has 1 aliphatic carbocycles. The van der Waals surface area contributed by atoms with E-state index in [4.69, 9.17) is 0 Å². The predicted octanol–water partition coefficient (Wildman–Crippen LogP) is 4.85. The average Bonchev–Trinajstić information content (AvgIpc) is 2.47. The minimum Gasteiger partial charge on any atom is -0.478 e. The largest absolute Gasteiger partial charge is 0.478 e. The van der Waals surface area contributed by atoms with Crippen molar-refractivity contribution in [2.45, 2.75) is 39.0 Å². The zero-order valence-electron chi connectivity index (χ0n) is 13.4. The Kier molecular flexibility index (Phi) is 3.56. The fraction of sp³-hybridized carbons (Fsp3) is 0.350. The van der Waals surface area contributed by atoms with E-state index in [9.17, 15) is 9.90 Å². The molecule has 2 heteroatoms. The number of allylic oxidation sites excluding steroid dienone is 1. The summed E-state index contributed by atoms with van der Waals surface area (Å²) in [6, 6.07) is 12.5. The molecule has 2 nitrogen and oxygen atoms in total. The van der Waals surface area contributed by atoms with Crippen molar-refractivity contribution < 1.29 is 9.90 Å². The molecular weight excluding hydrogens is 272 g/mol. The summed E-state index contributed by atoms with van der Waals surface area (Å²) in [5, 5.41) is 12.1. The van der Waals surface area contributed by atoms with E-state index in [1.54, 1.807) is 0 Å². The number of carbonyl (C=O) groups is 1. The topological polar surface area (TPSA) is 37.3 Å². The van der Waals surface area contributed by atoms with Gasteiger partial charge < -0.3 is 5.11 Å². The molecule has 0 amide bonds. The second kappa shape index (κ2) is 5.28. The summed E-state index contributed by atoms with van der Waals surface area (Å²) in [6.07, 6.45) is 3.64. The van der Waals surface area contributed by atoms with Gasteiger partial charge in [0.15, 0.2) is 0 Å². The second-order valence-corrected chi connectivity index (χ2v) is 6.78. The first-order valence-corrected chi connectivity index (χ1v) is 7.86. The van der Waals surface area contributed by atoms with Gasteiger partial charge in [-0.05, 0) is 47.6 Å². The quantitative estimate of drug-likeness (QED) is 0.860. The number of aryl methyl sites for hydroxylation is 1. The van der Waals surface area contributed by atoms with E-state index < -0.39 is 11.4 Å². The van der Waals surface area contributed by atoms with Crippen LogP contribution in [-0.2, 0) is 10.2 Å². The van der Waals surface area contributed by atoms with E-state index in [0.717, 1.165) is 18.4 Å². The third kappa shape index (κ3) is 2.23. The molecule has 1 N–H and O–H groups in total. The lowest BCUT2D eigenvalue weighted by Crippen LogP contribution is -2.34. The number of fused-ring (bicyclic) bond motifs is 1. The molecule has 0 unspecified atom stereocenters. The van der Waals surface area contributed by atoms with Crippen molar-refractivity contribution in [1.29, 1.82) is 0 Å². The van der Waals surface area contributed by atoms with E-state index in [1.165, 1.54) is 16.3 Å². The molecule has 0 aromatic heterocycles. The molecule has 0 saturated carbocycles. The zero-order valence-corrected chi connectivity index (χ0v) is 13.4. The molecule has 2 aromatic carbocycles.